The lowest BCUT2D eigenvalue weighted by molar-refractivity contribution is -0.195. The van der Waals surface area contributed by atoms with Gasteiger partial charge < -0.3 is 5.11 Å². The summed E-state index contributed by atoms with van der Waals surface area (Å²) in [6.07, 6.45) is -5.05. The number of aromatic nitrogens is 4. The van der Waals surface area contributed by atoms with Gasteiger partial charge in [-0.3, -0.25) is 0 Å². The Kier molecular flexibility index (Phi) is 3.06. The van der Waals surface area contributed by atoms with Crippen molar-refractivity contribution in [2.24, 2.45) is 0 Å². The van der Waals surface area contributed by atoms with Crippen molar-refractivity contribution < 1.29 is 18.3 Å². The summed E-state index contributed by atoms with van der Waals surface area (Å²) in [4.78, 5) is 0. The fraction of sp³-hybridized carbons (Fsp3) is 0.857. The first-order chi connectivity index (χ1) is 7.48. The molecule has 0 amide bonds. The number of thioether (sulfide) groups is 1. The van der Waals surface area contributed by atoms with E-state index in [0.29, 0.717) is 5.16 Å². The molecule has 1 saturated carbocycles. The number of hydrogen-bond donors (Lipinski definition) is 1. The van der Waals surface area contributed by atoms with E-state index in [1.54, 1.807) is 0 Å². The summed E-state index contributed by atoms with van der Waals surface area (Å²) >= 11 is 0.814. The Bertz CT molecular complexity index is 365. The van der Waals surface area contributed by atoms with Gasteiger partial charge in [-0.25, -0.2) is 4.68 Å². The van der Waals surface area contributed by atoms with Crippen LogP contribution in [-0.4, -0.2) is 43.3 Å². The molecule has 1 aliphatic carbocycles. The summed E-state index contributed by atoms with van der Waals surface area (Å²) in [5, 5.41) is 19.8. The topological polar surface area (TPSA) is 63.8 Å². The van der Waals surface area contributed by atoms with Crippen molar-refractivity contribution in [1.29, 1.82) is 0 Å². The van der Waals surface area contributed by atoms with Crippen LogP contribution in [0.5, 0.6) is 0 Å². The van der Waals surface area contributed by atoms with Gasteiger partial charge in [0.05, 0.1) is 6.04 Å². The lowest BCUT2D eigenvalue weighted by atomic mass is 10.4. The summed E-state index contributed by atoms with van der Waals surface area (Å²) in [6.45, 7) is 0. The second kappa shape index (κ2) is 4.21. The van der Waals surface area contributed by atoms with Gasteiger partial charge in [0, 0.05) is 5.75 Å². The van der Waals surface area contributed by atoms with Gasteiger partial charge in [-0.1, -0.05) is 11.8 Å². The highest BCUT2D eigenvalue weighted by molar-refractivity contribution is 7.99. The van der Waals surface area contributed by atoms with Gasteiger partial charge in [-0.05, 0) is 23.3 Å². The molecule has 1 aliphatic rings. The number of hydrogen-bond acceptors (Lipinski definition) is 5. The Balaban J connectivity index is 1.92. The Morgan fingerprint density at radius 2 is 2.19 bits per heavy atom. The van der Waals surface area contributed by atoms with E-state index in [1.165, 1.54) is 4.68 Å². The standard InChI is InChI=1S/C7H9F3N4OS/c8-7(9,10)5(15)3-16-6-11-12-13-14(6)4-1-2-4/h4-5,15H,1-3H2. The van der Waals surface area contributed by atoms with E-state index in [4.69, 9.17) is 5.11 Å². The number of halogens is 3. The maximum atomic E-state index is 12.0. The monoisotopic (exact) mass is 254 g/mol. The molecule has 16 heavy (non-hydrogen) atoms. The van der Waals surface area contributed by atoms with Gasteiger partial charge in [0.1, 0.15) is 0 Å². The average molecular weight is 254 g/mol. The smallest absolute Gasteiger partial charge is 0.383 e. The highest BCUT2D eigenvalue weighted by Gasteiger charge is 2.38. The molecule has 0 aliphatic heterocycles. The van der Waals surface area contributed by atoms with Gasteiger partial charge in [-0.15, -0.1) is 5.10 Å². The molecule has 1 heterocycles. The second-order valence-electron chi connectivity index (χ2n) is 3.51. The molecule has 1 atom stereocenters. The van der Waals surface area contributed by atoms with Crippen LogP contribution in [0.3, 0.4) is 0 Å². The van der Waals surface area contributed by atoms with Gasteiger partial charge >= 0.3 is 6.18 Å². The normalized spacial score (nSPS) is 18.8. The molecule has 9 heteroatoms. The summed E-state index contributed by atoms with van der Waals surface area (Å²) in [5.74, 6) is -0.489. The quantitative estimate of drug-likeness (QED) is 0.813. The molecule has 1 aromatic heterocycles. The zero-order chi connectivity index (χ0) is 11.8. The van der Waals surface area contributed by atoms with Crippen molar-refractivity contribution in [3.05, 3.63) is 0 Å². The SMILES string of the molecule is OC(CSc1nnnn1C1CC1)C(F)(F)F. The first-order valence-electron chi connectivity index (χ1n) is 4.64. The summed E-state index contributed by atoms with van der Waals surface area (Å²) < 4.78 is 37.6. The molecule has 0 radical (unpaired) electrons. The molecule has 1 unspecified atom stereocenters. The van der Waals surface area contributed by atoms with Crippen molar-refractivity contribution in [3.63, 3.8) is 0 Å². The van der Waals surface area contributed by atoms with Gasteiger partial charge in [0.15, 0.2) is 6.10 Å². The molecule has 1 fully saturated rings. The van der Waals surface area contributed by atoms with Crippen LogP contribution in [0.25, 0.3) is 0 Å². The van der Waals surface area contributed by atoms with Crippen LogP contribution >= 0.6 is 11.8 Å². The lowest BCUT2D eigenvalue weighted by Gasteiger charge is -2.13. The summed E-state index contributed by atoms with van der Waals surface area (Å²) in [6, 6.07) is 0.209. The Morgan fingerprint density at radius 1 is 1.50 bits per heavy atom. The number of aliphatic hydroxyl groups is 1. The molecule has 0 spiro atoms. The predicted octanol–water partition coefficient (Wildman–Crippen LogP) is 1.02. The number of tetrazole rings is 1. The van der Waals surface area contributed by atoms with Crippen LogP contribution < -0.4 is 0 Å². The van der Waals surface area contributed by atoms with Crippen LogP contribution in [0.2, 0.25) is 0 Å². The predicted molar refractivity (Wildman–Crippen MR) is 48.9 cm³/mol. The van der Waals surface area contributed by atoms with Gasteiger partial charge in [0.2, 0.25) is 5.16 Å². The molecule has 2 rings (SSSR count). The third kappa shape index (κ3) is 2.64. The van der Waals surface area contributed by atoms with Crippen LogP contribution in [0.4, 0.5) is 13.2 Å². The molecular formula is C7H9F3N4OS. The maximum Gasteiger partial charge on any atom is 0.415 e. The molecule has 0 saturated heterocycles. The van der Waals surface area contributed by atoms with Gasteiger partial charge in [-0.2, -0.15) is 13.2 Å². The van der Waals surface area contributed by atoms with E-state index in [1.807, 2.05) is 0 Å². The van der Waals surface area contributed by atoms with E-state index in [0.717, 1.165) is 24.6 Å². The van der Waals surface area contributed by atoms with Crippen molar-refractivity contribution in [2.45, 2.75) is 36.3 Å². The molecule has 5 nitrogen and oxygen atoms in total. The molecular weight excluding hydrogens is 245 g/mol. The van der Waals surface area contributed by atoms with Crippen LogP contribution in [0.15, 0.2) is 5.16 Å². The summed E-state index contributed by atoms with van der Waals surface area (Å²) in [5.41, 5.74) is 0. The minimum atomic E-state index is -4.59. The number of alkyl halides is 3. The van der Waals surface area contributed by atoms with E-state index in [2.05, 4.69) is 15.5 Å². The fourth-order valence-electron chi connectivity index (χ4n) is 1.08. The van der Waals surface area contributed by atoms with Crippen LogP contribution in [0, 0.1) is 0 Å². The van der Waals surface area contributed by atoms with Crippen molar-refractivity contribution >= 4 is 11.8 Å². The van der Waals surface area contributed by atoms with E-state index < -0.39 is 18.0 Å². The molecule has 90 valence electrons. The second-order valence-corrected chi connectivity index (χ2v) is 4.49. The first kappa shape index (κ1) is 11.6. The van der Waals surface area contributed by atoms with Gasteiger partial charge in [0.25, 0.3) is 0 Å². The Morgan fingerprint density at radius 3 is 2.75 bits per heavy atom. The zero-order valence-corrected chi connectivity index (χ0v) is 8.87. The molecule has 0 aromatic carbocycles. The van der Waals surface area contributed by atoms with E-state index >= 15 is 0 Å². The number of aliphatic hydroxyl groups excluding tert-OH is 1. The number of rotatable bonds is 4. The Hall–Kier alpha value is -0.830. The molecule has 0 bridgehead atoms. The lowest BCUT2D eigenvalue weighted by Crippen LogP contribution is -2.30. The summed E-state index contributed by atoms with van der Waals surface area (Å²) in [7, 11) is 0. The molecule has 1 aromatic rings. The fourth-order valence-corrected chi connectivity index (χ4v) is 1.98. The third-order valence-electron chi connectivity index (χ3n) is 2.10. The average Bonchev–Trinajstić information content (AvgIpc) is 2.93. The third-order valence-corrected chi connectivity index (χ3v) is 3.11. The van der Waals surface area contributed by atoms with Crippen molar-refractivity contribution in [2.75, 3.05) is 5.75 Å². The maximum absolute atomic E-state index is 12.0. The molecule has 1 N–H and O–H groups in total. The van der Waals surface area contributed by atoms with E-state index in [9.17, 15) is 13.2 Å². The first-order valence-corrected chi connectivity index (χ1v) is 5.62. The largest absolute Gasteiger partial charge is 0.415 e. The van der Waals surface area contributed by atoms with Crippen molar-refractivity contribution in [3.8, 4) is 0 Å². The minimum Gasteiger partial charge on any atom is -0.383 e. The highest BCUT2D eigenvalue weighted by Crippen LogP contribution is 2.36. The highest BCUT2D eigenvalue weighted by atomic mass is 32.2. The Labute approximate surface area is 93.0 Å². The van der Waals surface area contributed by atoms with Crippen LogP contribution in [-0.2, 0) is 0 Å². The van der Waals surface area contributed by atoms with E-state index in [-0.39, 0.29) is 6.04 Å². The van der Waals surface area contributed by atoms with Crippen LogP contribution in [0.1, 0.15) is 18.9 Å². The zero-order valence-electron chi connectivity index (χ0n) is 8.05. The number of nitrogens with zero attached hydrogens (tertiary/aromatic N) is 4. The minimum absolute atomic E-state index is 0.209. The van der Waals surface area contributed by atoms with Crippen molar-refractivity contribution in [1.82, 2.24) is 20.2 Å².